The van der Waals surface area contributed by atoms with Crippen molar-refractivity contribution in [2.24, 2.45) is 0 Å². The Labute approximate surface area is 74.9 Å². The first-order valence-electron chi connectivity index (χ1n) is 4.08. The lowest BCUT2D eigenvalue weighted by Crippen LogP contribution is -1.74. The molecule has 1 aromatic rings. The van der Waals surface area contributed by atoms with Gasteiger partial charge in [0.25, 0.3) is 0 Å². The standard InChI is InChI=1S/C8H10.C3H7N/c1-7-5-3-4-6-8(7)2;1-3(2)4/h3-6H,1-2H3;4H,1-2H3. The van der Waals surface area contributed by atoms with Crippen LogP contribution in [0.2, 0.25) is 0 Å². The van der Waals surface area contributed by atoms with Gasteiger partial charge in [-0.25, -0.2) is 0 Å². The summed E-state index contributed by atoms with van der Waals surface area (Å²) < 4.78 is 0. The Kier molecular flexibility index (Phi) is 5.02. The monoisotopic (exact) mass is 163 g/mol. The van der Waals surface area contributed by atoms with Gasteiger partial charge in [-0.15, -0.1) is 0 Å². The fourth-order valence-electron chi connectivity index (χ4n) is 0.663. The zero-order chi connectivity index (χ0) is 9.56. The number of aryl methyl sites for hydroxylation is 2. The number of hydrogen-bond donors (Lipinski definition) is 1. The van der Waals surface area contributed by atoms with E-state index >= 15 is 0 Å². The maximum Gasteiger partial charge on any atom is 0.00272 e. The molecule has 0 aliphatic carbocycles. The molecule has 0 fully saturated rings. The maximum atomic E-state index is 6.50. The predicted octanol–water partition coefficient (Wildman–Crippen LogP) is 3.35. The minimum absolute atomic E-state index is 0.667. The average molecular weight is 163 g/mol. The van der Waals surface area contributed by atoms with E-state index in [-0.39, 0.29) is 0 Å². The van der Waals surface area contributed by atoms with E-state index in [0.29, 0.717) is 5.71 Å². The second kappa shape index (κ2) is 5.53. The van der Waals surface area contributed by atoms with Gasteiger partial charge in [0, 0.05) is 5.71 Å². The van der Waals surface area contributed by atoms with Crippen LogP contribution >= 0.6 is 0 Å². The van der Waals surface area contributed by atoms with Gasteiger partial charge in [0.2, 0.25) is 0 Å². The summed E-state index contributed by atoms with van der Waals surface area (Å²) in [6, 6.07) is 8.36. The molecule has 1 N–H and O–H groups in total. The molecular weight excluding hydrogens is 146 g/mol. The summed E-state index contributed by atoms with van der Waals surface area (Å²) >= 11 is 0. The molecule has 0 atom stereocenters. The Hall–Kier alpha value is -1.11. The van der Waals surface area contributed by atoms with Gasteiger partial charge in [0.1, 0.15) is 0 Å². The first-order chi connectivity index (χ1) is 5.54. The normalized spacial score (nSPS) is 8.33. The van der Waals surface area contributed by atoms with Crippen molar-refractivity contribution in [3.8, 4) is 0 Å². The Morgan fingerprint density at radius 2 is 1.25 bits per heavy atom. The summed E-state index contributed by atoms with van der Waals surface area (Å²) in [5.74, 6) is 0. The minimum atomic E-state index is 0.667. The Morgan fingerprint density at radius 3 is 1.42 bits per heavy atom. The molecule has 0 aliphatic rings. The highest BCUT2D eigenvalue weighted by Gasteiger charge is 1.83. The topological polar surface area (TPSA) is 23.9 Å². The smallest absolute Gasteiger partial charge is 0.00272 e. The summed E-state index contributed by atoms with van der Waals surface area (Å²) in [4.78, 5) is 0. The van der Waals surface area contributed by atoms with Gasteiger partial charge in [-0.1, -0.05) is 24.3 Å². The van der Waals surface area contributed by atoms with Crippen LogP contribution < -0.4 is 0 Å². The van der Waals surface area contributed by atoms with E-state index in [9.17, 15) is 0 Å². The molecule has 0 aliphatic heterocycles. The Morgan fingerprint density at radius 1 is 1.00 bits per heavy atom. The van der Waals surface area contributed by atoms with Crippen molar-refractivity contribution in [3.05, 3.63) is 35.4 Å². The second-order valence-corrected chi connectivity index (χ2v) is 3.08. The Bertz CT molecular complexity index is 226. The van der Waals surface area contributed by atoms with Crippen molar-refractivity contribution in [2.75, 3.05) is 0 Å². The molecule has 0 radical (unpaired) electrons. The molecule has 12 heavy (non-hydrogen) atoms. The van der Waals surface area contributed by atoms with Crippen molar-refractivity contribution >= 4 is 5.71 Å². The van der Waals surface area contributed by atoms with E-state index < -0.39 is 0 Å². The third-order valence-electron chi connectivity index (χ3n) is 1.43. The number of hydrogen-bond acceptors (Lipinski definition) is 1. The van der Waals surface area contributed by atoms with Crippen molar-refractivity contribution in [1.29, 1.82) is 5.41 Å². The molecule has 0 heterocycles. The molecule has 66 valence electrons. The predicted molar refractivity (Wildman–Crippen MR) is 55.0 cm³/mol. The summed E-state index contributed by atoms with van der Waals surface area (Å²) in [5, 5.41) is 6.50. The van der Waals surface area contributed by atoms with Crippen LogP contribution in [0.25, 0.3) is 0 Å². The second-order valence-electron chi connectivity index (χ2n) is 3.08. The lowest BCUT2D eigenvalue weighted by molar-refractivity contribution is 1.34. The molecule has 0 spiro atoms. The van der Waals surface area contributed by atoms with Crippen molar-refractivity contribution in [1.82, 2.24) is 0 Å². The van der Waals surface area contributed by atoms with Gasteiger partial charge < -0.3 is 5.41 Å². The molecule has 0 bridgehead atoms. The van der Waals surface area contributed by atoms with Gasteiger partial charge in [-0.3, -0.25) is 0 Å². The number of rotatable bonds is 0. The fraction of sp³-hybridized carbons (Fsp3) is 0.364. The molecule has 1 heteroatoms. The zero-order valence-corrected chi connectivity index (χ0v) is 8.31. The highest BCUT2D eigenvalue weighted by atomic mass is 14.3. The summed E-state index contributed by atoms with van der Waals surface area (Å²) in [5.41, 5.74) is 3.40. The zero-order valence-electron chi connectivity index (χ0n) is 8.31. The molecule has 0 saturated carbocycles. The first kappa shape index (κ1) is 10.9. The van der Waals surface area contributed by atoms with E-state index in [4.69, 9.17) is 5.41 Å². The maximum absolute atomic E-state index is 6.50. The van der Waals surface area contributed by atoms with E-state index in [0.717, 1.165) is 0 Å². The molecule has 0 amide bonds. The van der Waals surface area contributed by atoms with Crippen molar-refractivity contribution in [3.63, 3.8) is 0 Å². The van der Waals surface area contributed by atoms with E-state index in [2.05, 4.69) is 38.1 Å². The van der Waals surface area contributed by atoms with Crippen LogP contribution in [0.4, 0.5) is 0 Å². The summed E-state index contributed by atoms with van der Waals surface area (Å²) in [6.45, 7) is 7.74. The van der Waals surface area contributed by atoms with E-state index in [1.807, 2.05) is 0 Å². The van der Waals surface area contributed by atoms with Crippen molar-refractivity contribution < 1.29 is 0 Å². The first-order valence-corrected chi connectivity index (χ1v) is 4.08. The molecular formula is C11H17N. The molecule has 0 unspecified atom stereocenters. The summed E-state index contributed by atoms with van der Waals surface area (Å²) in [7, 11) is 0. The third kappa shape index (κ3) is 5.66. The average Bonchev–Trinajstić information content (AvgIpc) is 1.94. The van der Waals surface area contributed by atoms with Gasteiger partial charge in [0.15, 0.2) is 0 Å². The highest BCUT2D eigenvalue weighted by molar-refractivity contribution is 5.75. The third-order valence-corrected chi connectivity index (χ3v) is 1.43. The van der Waals surface area contributed by atoms with Crippen molar-refractivity contribution in [2.45, 2.75) is 27.7 Å². The quantitative estimate of drug-likeness (QED) is 0.567. The Balaban J connectivity index is 0.000000261. The van der Waals surface area contributed by atoms with E-state index in [1.165, 1.54) is 11.1 Å². The largest absolute Gasteiger partial charge is 0.310 e. The SMILES string of the molecule is CC(C)=N.Cc1ccccc1C. The van der Waals surface area contributed by atoms with Crippen LogP contribution in [0, 0.1) is 19.3 Å². The lowest BCUT2D eigenvalue weighted by atomic mass is 10.1. The van der Waals surface area contributed by atoms with Crippen LogP contribution in [-0.4, -0.2) is 5.71 Å². The van der Waals surface area contributed by atoms with E-state index in [1.54, 1.807) is 13.8 Å². The molecule has 0 saturated heterocycles. The van der Waals surface area contributed by atoms with Crippen LogP contribution in [0.15, 0.2) is 24.3 Å². The molecule has 1 aromatic carbocycles. The van der Waals surface area contributed by atoms with Crippen LogP contribution in [0.3, 0.4) is 0 Å². The molecule has 1 rings (SSSR count). The molecule has 1 nitrogen and oxygen atoms in total. The van der Waals surface area contributed by atoms with Gasteiger partial charge in [-0.05, 0) is 38.8 Å². The van der Waals surface area contributed by atoms with Crippen LogP contribution in [-0.2, 0) is 0 Å². The fourth-order valence-corrected chi connectivity index (χ4v) is 0.663. The molecule has 0 aromatic heterocycles. The van der Waals surface area contributed by atoms with Gasteiger partial charge >= 0.3 is 0 Å². The highest BCUT2D eigenvalue weighted by Crippen LogP contribution is 2.02. The van der Waals surface area contributed by atoms with Crippen LogP contribution in [0.5, 0.6) is 0 Å². The summed E-state index contributed by atoms with van der Waals surface area (Å²) in [6.07, 6.45) is 0. The van der Waals surface area contributed by atoms with Gasteiger partial charge in [0.05, 0.1) is 0 Å². The number of nitrogens with one attached hydrogen (secondary N) is 1. The van der Waals surface area contributed by atoms with Gasteiger partial charge in [-0.2, -0.15) is 0 Å². The lowest BCUT2D eigenvalue weighted by Gasteiger charge is -1.93. The number of benzene rings is 1. The van der Waals surface area contributed by atoms with Crippen LogP contribution in [0.1, 0.15) is 25.0 Å². The minimum Gasteiger partial charge on any atom is -0.310 e.